The van der Waals surface area contributed by atoms with Crippen molar-refractivity contribution < 1.29 is 45.8 Å². The van der Waals surface area contributed by atoms with Crippen LogP contribution in [-0.4, -0.2) is 36.5 Å². The zero-order valence-corrected chi connectivity index (χ0v) is 14.9. The molecule has 0 aromatic rings. The summed E-state index contributed by atoms with van der Waals surface area (Å²) >= 11 is 0. The van der Waals surface area contributed by atoms with E-state index in [1.807, 2.05) is 0 Å². The SMILES string of the molecule is COC(=O)C1CCC(C(F)(F)F)CC1.O=C(O)C1CCC(C(F)(F)F)CC1. The first kappa shape index (κ1) is 23.6. The highest BCUT2D eigenvalue weighted by molar-refractivity contribution is 5.72. The Bertz CT molecular complexity index is 487. The molecule has 2 rings (SSSR count). The summed E-state index contributed by atoms with van der Waals surface area (Å²) in [5, 5.41) is 8.55. The highest BCUT2D eigenvalue weighted by Crippen LogP contribution is 2.40. The number of carboxylic acid groups (broad SMARTS) is 1. The molecule has 2 fully saturated rings. The van der Waals surface area contributed by atoms with Crippen LogP contribution < -0.4 is 0 Å². The molecule has 0 atom stereocenters. The van der Waals surface area contributed by atoms with Crippen molar-refractivity contribution >= 4 is 11.9 Å². The van der Waals surface area contributed by atoms with E-state index in [0.29, 0.717) is 0 Å². The van der Waals surface area contributed by atoms with Crippen molar-refractivity contribution in [3.8, 4) is 0 Å². The Balaban J connectivity index is 0.000000271. The van der Waals surface area contributed by atoms with Crippen LogP contribution in [0.3, 0.4) is 0 Å². The van der Waals surface area contributed by atoms with Gasteiger partial charge >= 0.3 is 24.3 Å². The highest BCUT2D eigenvalue weighted by atomic mass is 19.4. The lowest BCUT2D eigenvalue weighted by molar-refractivity contribution is -0.186. The maximum Gasteiger partial charge on any atom is 0.391 e. The van der Waals surface area contributed by atoms with Gasteiger partial charge in [-0.3, -0.25) is 9.59 Å². The summed E-state index contributed by atoms with van der Waals surface area (Å²) in [6.45, 7) is 0. The topological polar surface area (TPSA) is 63.6 Å². The molecule has 0 saturated heterocycles. The van der Waals surface area contributed by atoms with E-state index in [-0.39, 0.29) is 63.3 Å². The third-order valence-corrected chi connectivity index (χ3v) is 5.26. The summed E-state index contributed by atoms with van der Waals surface area (Å²) < 4.78 is 77.6. The van der Waals surface area contributed by atoms with Crippen LogP contribution in [0.5, 0.6) is 0 Å². The van der Waals surface area contributed by atoms with Gasteiger partial charge in [-0.15, -0.1) is 0 Å². The molecule has 0 bridgehead atoms. The fourth-order valence-corrected chi connectivity index (χ4v) is 3.49. The van der Waals surface area contributed by atoms with E-state index in [1.165, 1.54) is 7.11 Å². The molecule has 0 spiro atoms. The molecule has 0 heterocycles. The Morgan fingerprint density at radius 1 is 0.741 bits per heavy atom. The zero-order valence-electron chi connectivity index (χ0n) is 14.9. The van der Waals surface area contributed by atoms with Gasteiger partial charge in [-0.1, -0.05) is 0 Å². The Hall–Kier alpha value is -1.48. The van der Waals surface area contributed by atoms with Gasteiger partial charge in [-0.05, 0) is 51.4 Å². The second-order valence-corrected chi connectivity index (χ2v) is 7.04. The molecule has 0 amide bonds. The summed E-state index contributed by atoms with van der Waals surface area (Å²) in [5.41, 5.74) is 0. The minimum Gasteiger partial charge on any atom is -0.481 e. The third-order valence-electron chi connectivity index (χ3n) is 5.26. The van der Waals surface area contributed by atoms with Crippen LogP contribution in [-0.2, 0) is 14.3 Å². The fourth-order valence-electron chi connectivity index (χ4n) is 3.49. The maximum absolute atomic E-state index is 12.2. The normalized spacial score (nSPS) is 29.3. The van der Waals surface area contributed by atoms with Crippen molar-refractivity contribution in [2.24, 2.45) is 23.7 Å². The van der Waals surface area contributed by atoms with Gasteiger partial charge in [0.1, 0.15) is 0 Å². The molecule has 0 radical (unpaired) electrons. The molecule has 0 aromatic heterocycles. The number of carboxylic acids is 1. The van der Waals surface area contributed by atoms with Crippen LogP contribution >= 0.6 is 0 Å². The smallest absolute Gasteiger partial charge is 0.391 e. The molecule has 0 unspecified atom stereocenters. The van der Waals surface area contributed by atoms with E-state index in [1.54, 1.807) is 0 Å². The second kappa shape index (κ2) is 9.64. The molecule has 10 heteroatoms. The number of carbonyl (C=O) groups excluding carboxylic acids is 1. The van der Waals surface area contributed by atoms with E-state index in [4.69, 9.17) is 5.11 Å². The van der Waals surface area contributed by atoms with Gasteiger partial charge in [0, 0.05) is 0 Å². The summed E-state index contributed by atoms with van der Waals surface area (Å²) in [6, 6.07) is 0. The molecular formula is C17H24F6O4. The van der Waals surface area contributed by atoms with E-state index in [2.05, 4.69) is 4.74 Å². The van der Waals surface area contributed by atoms with Crippen molar-refractivity contribution in [2.75, 3.05) is 7.11 Å². The predicted molar refractivity (Wildman–Crippen MR) is 82.7 cm³/mol. The van der Waals surface area contributed by atoms with Crippen molar-refractivity contribution in [3.63, 3.8) is 0 Å². The van der Waals surface area contributed by atoms with Crippen molar-refractivity contribution in [1.29, 1.82) is 0 Å². The largest absolute Gasteiger partial charge is 0.481 e. The molecule has 158 valence electrons. The average molecular weight is 406 g/mol. The lowest BCUT2D eigenvalue weighted by atomic mass is 9.82. The van der Waals surface area contributed by atoms with Crippen molar-refractivity contribution in [2.45, 2.75) is 63.7 Å². The quantitative estimate of drug-likeness (QED) is 0.520. The molecule has 0 aliphatic heterocycles. The summed E-state index contributed by atoms with van der Waals surface area (Å²) in [7, 11) is 1.26. The number of halogens is 6. The molecule has 4 nitrogen and oxygen atoms in total. The van der Waals surface area contributed by atoms with E-state index < -0.39 is 36.1 Å². The maximum atomic E-state index is 12.2. The second-order valence-electron chi connectivity index (χ2n) is 7.04. The molecule has 0 aromatic carbocycles. The lowest BCUT2D eigenvalue weighted by Gasteiger charge is -2.28. The van der Waals surface area contributed by atoms with Gasteiger partial charge in [-0.2, -0.15) is 26.3 Å². The number of esters is 1. The van der Waals surface area contributed by atoms with Crippen LogP contribution in [0.4, 0.5) is 26.3 Å². The number of aliphatic carboxylic acids is 1. The molecule has 2 saturated carbocycles. The van der Waals surface area contributed by atoms with Gasteiger partial charge in [0.2, 0.25) is 0 Å². The standard InChI is InChI=1S/C9H13F3O2.C8H11F3O2/c1-14-8(13)6-2-4-7(5-3-6)9(10,11)12;9-8(10,11)6-3-1-5(2-4-6)7(12)13/h6-7H,2-5H2,1H3;5-6H,1-4H2,(H,12,13). The minimum absolute atomic E-state index is 0.0412. The van der Waals surface area contributed by atoms with Gasteiger partial charge in [0.15, 0.2) is 0 Å². The molecule has 2 aliphatic carbocycles. The number of carbonyl (C=O) groups is 2. The van der Waals surface area contributed by atoms with Gasteiger partial charge in [0.25, 0.3) is 0 Å². The van der Waals surface area contributed by atoms with Crippen molar-refractivity contribution in [1.82, 2.24) is 0 Å². The Morgan fingerprint density at radius 3 is 1.33 bits per heavy atom. The predicted octanol–water partition coefficient (Wildman–Crippen LogP) is 4.97. The monoisotopic (exact) mass is 406 g/mol. The number of rotatable bonds is 2. The van der Waals surface area contributed by atoms with Crippen LogP contribution in [0, 0.1) is 23.7 Å². The first-order chi connectivity index (χ1) is 12.4. The highest BCUT2D eigenvalue weighted by Gasteiger charge is 2.43. The minimum atomic E-state index is -4.15. The van der Waals surface area contributed by atoms with E-state index in [9.17, 15) is 35.9 Å². The number of methoxy groups -OCH3 is 1. The Morgan fingerprint density at radius 2 is 1.07 bits per heavy atom. The summed E-state index contributed by atoms with van der Waals surface area (Å²) in [5.74, 6) is -4.78. The first-order valence-electron chi connectivity index (χ1n) is 8.80. The lowest BCUT2D eigenvalue weighted by Crippen LogP contribution is -2.30. The van der Waals surface area contributed by atoms with Gasteiger partial charge in [-0.25, -0.2) is 0 Å². The average Bonchev–Trinajstić information content (AvgIpc) is 2.60. The van der Waals surface area contributed by atoms with Crippen LogP contribution in [0.1, 0.15) is 51.4 Å². The van der Waals surface area contributed by atoms with Gasteiger partial charge < -0.3 is 9.84 Å². The Kier molecular flexibility index (Phi) is 8.41. The first-order valence-corrected chi connectivity index (χ1v) is 8.80. The van der Waals surface area contributed by atoms with E-state index in [0.717, 1.165) is 0 Å². The fraction of sp³-hybridized carbons (Fsp3) is 0.882. The van der Waals surface area contributed by atoms with E-state index >= 15 is 0 Å². The molecule has 2 aliphatic rings. The summed E-state index contributed by atoms with van der Waals surface area (Å²) in [4.78, 5) is 21.4. The van der Waals surface area contributed by atoms with Crippen LogP contribution in [0.15, 0.2) is 0 Å². The number of hydrogen-bond acceptors (Lipinski definition) is 3. The molecular weight excluding hydrogens is 382 g/mol. The molecule has 27 heavy (non-hydrogen) atoms. The molecule has 1 N–H and O–H groups in total. The number of alkyl halides is 6. The van der Waals surface area contributed by atoms with Crippen molar-refractivity contribution in [3.05, 3.63) is 0 Å². The number of hydrogen-bond donors (Lipinski definition) is 1. The third kappa shape index (κ3) is 7.57. The van der Waals surface area contributed by atoms with Crippen LogP contribution in [0.25, 0.3) is 0 Å². The Labute approximate surface area is 153 Å². The summed E-state index contributed by atoms with van der Waals surface area (Å²) in [6.07, 6.45) is -7.37. The van der Waals surface area contributed by atoms with Crippen LogP contribution in [0.2, 0.25) is 0 Å². The zero-order chi connectivity index (χ0) is 20.8. The van der Waals surface area contributed by atoms with Gasteiger partial charge in [0.05, 0.1) is 30.8 Å². The number of ether oxygens (including phenoxy) is 1.